The van der Waals surface area contributed by atoms with E-state index in [1.54, 1.807) is 12.1 Å². The molecule has 2 aromatic heterocycles. The van der Waals surface area contributed by atoms with Gasteiger partial charge in [0, 0.05) is 5.39 Å². The van der Waals surface area contributed by atoms with E-state index in [1.165, 1.54) is 6.26 Å². The van der Waals surface area contributed by atoms with Gasteiger partial charge in [0.1, 0.15) is 11.9 Å². The van der Waals surface area contributed by atoms with E-state index in [4.69, 9.17) is 9.15 Å². The highest BCUT2D eigenvalue weighted by molar-refractivity contribution is 5.91. The summed E-state index contributed by atoms with van der Waals surface area (Å²) in [5.41, 5.74) is 2.95. The van der Waals surface area contributed by atoms with Gasteiger partial charge in [-0.15, -0.1) is 0 Å². The molecule has 0 aliphatic rings. The number of nitrogens with zero attached hydrogens (tertiary/aromatic N) is 2. The van der Waals surface area contributed by atoms with Crippen molar-refractivity contribution in [2.75, 3.05) is 0 Å². The van der Waals surface area contributed by atoms with Crippen molar-refractivity contribution in [3.63, 3.8) is 0 Å². The maximum Gasteiger partial charge on any atom is 0.287 e. The maximum atomic E-state index is 12.5. The van der Waals surface area contributed by atoms with E-state index in [0.29, 0.717) is 5.75 Å². The number of carbonyl (C=O) groups excluding carboxylic acids is 1. The molecule has 3 aromatic carbocycles. The molecule has 0 radical (unpaired) electrons. The van der Waals surface area contributed by atoms with E-state index in [9.17, 15) is 4.79 Å². The van der Waals surface area contributed by atoms with Crippen LogP contribution >= 0.6 is 0 Å². The molecular weight excluding hydrogens is 414 g/mol. The number of furan rings is 1. The lowest BCUT2D eigenvalue weighted by Gasteiger charge is -2.26. The number of hydrogen-bond donors (Lipinski definition) is 1. The molecule has 6 heteroatoms. The number of fused-ring (bicyclic) bond motifs is 1. The van der Waals surface area contributed by atoms with Crippen LogP contribution in [0.15, 0.2) is 108 Å². The largest absolute Gasteiger partial charge is 0.484 e. The number of para-hydroxylation sites is 1. The van der Waals surface area contributed by atoms with Gasteiger partial charge < -0.3 is 14.5 Å². The summed E-state index contributed by atoms with van der Waals surface area (Å²) in [5.74, 6) is 0.683. The molecule has 5 aromatic rings. The third kappa shape index (κ3) is 4.36. The first-order chi connectivity index (χ1) is 16.2. The average molecular weight is 437 g/mol. The molecule has 5 rings (SSSR count). The molecule has 0 spiro atoms. The van der Waals surface area contributed by atoms with Gasteiger partial charge in [0.05, 0.1) is 29.7 Å². The van der Waals surface area contributed by atoms with Crippen LogP contribution in [0.4, 0.5) is 0 Å². The molecule has 0 aliphatic carbocycles. The second-order valence-corrected chi connectivity index (χ2v) is 7.80. The number of aromatic nitrogens is 2. The van der Waals surface area contributed by atoms with Gasteiger partial charge in [-0.1, -0.05) is 48.5 Å². The summed E-state index contributed by atoms with van der Waals surface area (Å²) >= 11 is 0. The number of benzene rings is 3. The summed E-state index contributed by atoms with van der Waals surface area (Å²) in [7, 11) is 0. The molecule has 2 atom stereocenters. The van der Waals surface area contributed by atoms with Crippen LogP contribution in [0, 0.1) is 0 Å². The van der Waals surface area contributed by atoms with Gasteiger partial charge in [0.25, 0.3) is 5.91 Å². The third-order valence-electron chi connectivity index (χ3n) is 5.49. The SMILES string of the molecule is C[C@H](NC(=O)c1ccco1)[C@H](Oc1ccc2c(cnn2-c2ccccc2)c1)c1ccccc1. The van der Waals surface area contributed by atoms with Gasteiger partial charge >= 0.3 is 0 Å². The van der Waals surface area contributed by atoms with Crippen LogP contribution in [0.5, 0.6) is 5.75 Å². The molecule has 0 aliphatic heterocycles. The van der Waals surface area contributed by atoms with Crippen molar-refractivity contribution in [1.29, 1.82) is 0 Å². The van der Waals surface area contributed by atoms with Crippen LogP contribution in [-0.2, 0) is 0 Å². The number of carbonyl (C=O) groups is 1. The van der Waals surface area contributed by atoms with E-state index in [1.807, 2.05) is 96.7 Å². The number of rotatable bonds is 7. The highest BCUT2D eigenvalue weighted by Gasteiger charge is 2.24. The molecule has 1 amide bonds. The first-order valence-electron chi connectivity index (χ1n) is 10.8. The fourth-order valence-corrected chi connectivity index (χ4v) is 3.87. The number of hydrogen-bond acceptors (Lipinski definition) is 4. The monoisotopic (exact) mass is 437 g/mol. The molecule has 0 bridgehead atoms. The molecule has 33 heavy (non-hydrogen) atoms. The minimum atomic E-state index is -0.397. The van der Waals surface area contributed by atoms with Crippen LogP contribution in [0.3, 0.4) is 0 Å². The fourth-order valence-electron chi connectivity index (χ4n) is 3.87. The van der Waals surface area contributed by atoms with Crippen LogP contribution < -0.4 is 10.1 Å². The van der Waals surface area contributed by atoms with E-state index in [2.05, 4.69) is 10.4 Å². The van der Waals surface area contributed by atoms with Crippen molar-refractivity contribution in [2.24, 2.45) is 0 Å². The summed E-state index contributed by atoms with van der Waals surface area (Å²) in [5, 5.41) is 8.50. The molecule has 0 saturated carbocycles. The van der Waals surface area contributed by atoms with Crippen molar-refractivity contribution in [3.05, 3.63) is 115 Å². The van der Waals surface area contributed by atoms with Crippen molar-refractivity contribution < 1.29 is 13.9 Å². The van der Waals surface area contributed by atoms with Gasteiger partial charge in [-0.25, -0.2) is 4.68 Å². The smallest absolute Gasteiger partial charge is 0.287 e. The highest BCUT2D eigenvalue weighted by Crippen LogP contribution is 2.29. The third-order valence-corrected chi connectivity index (χ3v) is 5.49. The van der Waals surface area contributed by atoms with Crippen molar-refractivity contribution in [1.82, 2.24) is 15.1 Å². The normalized spacial score (nSPS) is 12.9. The molecule has 0 unspecified atom stereocenters. The maximum absolute atomic E-state index is 12.5. The van der Waals surface area contributed by atoms with E-state index in [0.717, 1.165) is 22.2 Å². The first kappa shape index (κ1) is 20.6. The van der Waals surface area contributed by atoms with E-state index < -0.39 is 6.10 Å². The molecule has 0 fully saturated rings. The van der Waals surface area contributed by atoms with Gasteiger partial charge in [-0.2, -0.15) is 5.10 Å². The summed E-state index contributed by atoms with van der Waals surface area (Å²) in [4.78, 5) is 12.5. The minimum Gasteiger partial charge on any atom is -0.484 e. The zero-order valence-electron chi connectivity index (χ0n) is 18.1. The van der Waals surface area contributed by atoms with E-state index >= 15 is 0 Å². The molecule has 164 valence electrons. The highest BCUT2D eigenvalue weighted by atomic mass is 16.5. The standard InChI is InChI=1S/C27H23N3O3/c1-19(29-27(31)25-13-8-16-32-25)26(20-9-4-2-5-10-20)33-23-14-15-24-21(17-23)18-28-30(24)22-11-6-3-7-12-22/h2-19,26H,1H3,(H,29,31)/t19-,26-/m0/s1. The Labute approximate surface area is 191 Å². The second-order valence-electron chi connectivity index (χ2n) is 7.80. The lowest BCUT2D eigenvalue weighted by atomic mass is 10.0. The predicted octanol–water partition coefficient (Wildman–Crippen LogP) is 5.56. The minimum absolute atomic E-state index is 0.267. The van der Waals surface area contributed by atoms with Gasteiger partial charge in [0.15, 0.2) is 5.76 Å². The summed E-state index contributed by atoms with van der Waals surface area (Å²) in [6.45, 7) is 1.92. The summed E-state index contributed by atoms with van der Waals surface area (Å²) in [6.07, 6.45) is 2.91. The Hall–Kier alpha value is -4.32. The predicted molar refractivity (Wildman–Crippen MR) is 127 cm³/mol. The Morgan fingerprint density at radius 2 is 1.73 bits per heavy atom. The quantitative estimate of drug-likeness (QED) is 0.362. The Kier molecular flexibility index (Phi) is 5.64. The average Bonchev–Trinajstić information content (AvgIpc) is 3.54. The van der Waals surface area contributed by atoms with Crippen LogP contribution in [0.2, 0.25) is 0 Å². The van der Waals surface area contributed by atoms with Crippen molar-refractivity contribution in [2.45, 2.75) is 19.1 Å². The summed E-state index contributed by atoms with van der Waals surface area (Å²) in [6, 6.07) is 28.8. The molecule has 0 saturated heterocycles. The first-order valence-corrected chi connectivity index (χ1v) is 10.8. The number of amides is 1. The Balaban J connectivity index is 1.42. The fraction of sp³-hybridized carbons (Fsp3) is 0.111. The zero-order valence-corrected chi connectivity index (χ0v) is 18.1. The molecule has 1 N–H and O–H groups in total. The van der Waals surface area contributed by atoms with Gasteiger partial charge in [-0.3, -0.25) is 4.79 Å². The van der Waals surface area contributed by atoms with Crippen LogP contribution in [0.25, 0.3) is 16.6 Å². The molecule has 2 heterocycles. The topological polar surface area (TPSA) is 69.3 Å². The Bertz CT molecular complexity index is 1350. The Morgan fingerprint density at radius 3 is 2.45 bits per heavy atom. The van der Waals surface area contributed by atoms with Crippen LogP contribution in [-0.4, -0.2) is 21.7 Å². The van der Waals surface area contributed by atoms with Crippen LogP contribution in [0.1, 0.15) is 29.1 Å². The lowest BCUT2D eigenvalue weighted by Crippen LogP contribution is -2.39. The zero-order chi connectivity index (χ0) is 22.6. The number of ether oxygens (including phenoxy) is 1. The number of nitrogens with one attached hydrogen (secondary N) is 1. The lowest BCUT2D eigenvalue weighted by molar-refractivity contribution is 0.0854. The van der Waals surface area contributed by atoms with Gasteiger partial charge in [0.2, 0.25) is 0 Å². The second kappa shape index (κ2) is 9.04. The van der Waals surface area contributed by atoms with Gasteiger partial charge in [-0.05, 0) is 55.0 Å². The molecular formula is C27H23N3O3. The van der Waals surface area contributed by atoms with Crippen molar-refractivity contribution >= 4 is 16.8 Å². The molecule has 6 nitrogen and oxygen atoms in total. The summed E-state index contributed by atoms with van der Waals surface area (Å²) < 4.78 is 13.5. The Morgan fingerprint density at radius 1 is 0.970 bits per heavy atom. The van der Waals surface area contributed by atoms with Crippen molar-refractivity contribution in [3.8, 4) is 11.4 Å². The van der Waals surface area contributed by atoms with E-state index in [-0.39, 0.29) is 17.7 Å².